The lowest BCUT2D eigenvalue weighted by atomic mass is 10.1. The molecule has 0 radical (unpaired) electrons. The Labute approximate surface area is 133 Å². The molecule has 0 saturated carbocycles. The van der Waals surface area contributed by atoms with E-state index in [9.17, 15) is 0 Å². The van der Waals surface area contributed by atoms with Crippen molar-refractivity contribution in [2.75, 3.05) is 31.1 Å². The molecule has 21 heavy (non-hydrogen) atoms. The summed E-state index contributed by atoms with van der Waals surface area (Å²) in [7, 11) is 0. The van der Waals surface area contributed by atoms with Crippen LogP contribution in [-0.4, -0.2) is 47.6 Å². The third-order valence-corrected chi connectivity index (χ3v) is 5.19. The van der Waals surface area contributed by atoms with E-state index in [1.165, 1.54) is 15.7 Å². The van der Waals surface area contributed by atoms with Crippen molar-refractivity contribution in [3.63, 3.8) is 0 Å². The Bertz CT molecular complexity index is 453. The van der Waals surface area contributed by atoms with Gasteiger partial charge in [0.25, 0.3) is 0 Å². The Kier molecular flexibility index (Phi) is 5.28. The van der Waals surface area contributed by atoms with Crippen LogP contribution >= 0.6 is 11.3 Å². The van der Waals surface area contributed by atoms with E-state index < -0.39 is 0 Å². The molecule has 0 spiro atoms. The normalized spacial score (nSPS) is 17.8. The van der Waals surface area contributed by atoms with Crippen LogP contribution in [0, 0.1) is 6.92 Å². The smallest absolute Gasteiger partial charge is 0.185 e. The quantitative estimate of drug-likeness (QED) is 0.926. The number of nitrogens with zero attached hydrogens (tertiary/aromatic N) is 3. The molecule has 1 aromatic rings. The molecule has 1 aliphatic heterocycles. The molecule has 1 aromatic heterocycles. The molecule has 0 amide bonds. The third kappa shape index (κ3) is 4.66. The van der Waals surface area contributed by atoms with Crippen molar-refractivity contribution in [3.8, 4) is 0 Å². The van der Waals surface area contributed by atoms with Crippen molar-refractivity contribution in [2.24, 2.45) is 0 Å². The van der Waals surface area contributed by atoms with Gasteiger partial charge in [0.05, 0.1) is 5.69 Å². The number of thiazole rings is 1. The molecule has 0 atom stereocenters. The monoisotopic (exact) mass is 310 g/mol. The van der Waals surface area contributed by atoms with E-state index in [-0.39, 0.29) is 5.54 Å². The lowest BCUT2D eigenvalue weighted by molar-refractivity contribution is 0.209. The molecule has 1 N–H and O–H groups in total. The maximum absolute atomic E-state index is 4.79. The fourth-order valence-corrected chi connectivity index (χ4v) is 3.54. The number of nitrogens with one attached hydrogen (secondary N) is 1. The van der Waals surface area contributed by atoms with Gasteiger partial charge in [-0.25, -0.2) is 4.98 Å². The van der Waals surface area contributed by atoms with E-state index in [2.05, 4.69) is 56.7 Å². The van der Waals surface area contributed by atoms with E-state index in [1.807, 2.05) is 11.3 Å². The molecule has 4 nitrogen and oxygen atoms in total. The van der Waals surface area contributed by atoms with Crippen LogP contribution in [0.5, 0.6) is 0 Å². The summed E-state index contributed by atoms with van der Waals surface area (Å²) in [5, 5.41) is 4.76. The molecule has 0 bridgehead atoms. The van der Waals surface area contributed by atoms with Crippen LogP contribution in [0.4, 0.5) is 5.13 Å². The Balaban J connectivity index is 1.96. The number of hydrogen-bond donors (Lipinski definition) is 1. The van der Waals surface area contributed by atoms with Crippen molar-refractivity contribution in [1.82, 2.24) is 15.2 Å². The van der Waals surface area contributed by atoms with E-state index in [4.69, 9.17) is 4.98 Å². The molecule has 0 aromatic carbocycles. The Morgan fingerprint density at radius 3 is 2.33 bits per heavy atom. The zero-order valence-corrected chi connectivity index (χ0v) is 15.2. The highest BCUT2D eigenvalue weighted by Crippen LogP contribution is 2.27. The van der Waals surface area contributed by atoms with Gasteiger partial charge >= 0.3 is 0 Å². The summed E-state index contributed by atoms with van der Waals surface area (Å²) in [4.78, 5) is 11.1. The standard InChI is InChI=1S/C16H30N4S/c1-12(2)19-7-9-20(10-8-19)15-18-13(3)14(21-15)11-17-16(4,5)6/h12,17H,7-11H2,1-6H3. The Morgan fingerprint density at radius 2 is 1.81 bits per heavy atom. The summed E-state index contributed by atoms with van der Waals surface area (Å²) in [6, 6.07) is 0.650. The zero-order chi connectivity index (χ0) is 15.6. The van der Waals surface area contributed by atoms with Gasteiger partial charge in [0.1, 0.15) is 0 Å². The van der Waals surface area contributed by atoms with Crippen molar-refractivity contribution in [1.29, 1.82) is 0 Å². The number of piperazine rings is 1. The first-order valence-electron chi connectivity index (χ1n) is 7.96. The van der Waals surface area contributed by atoms with Crippen LogP contribution in [0.2, 0.25) is 0 Å². The van der Waals surface area contributed by atoms with Crippen LogP contribution in [0.25, 0.3) is 0 Å². The van der Waals surface area contributed by atoms with Crippen molar-refractivity contribution >= 4 is 16.5 Å². The van der Waals surface area contributed by atoms with Gasteiger partial charge in [0.15, 0.2) is 5.13 Å². The SMILES string of the molecule is Cc1nc(N2CCN(C(C)C)CC2)sc1CNC(C)(C)C. The minimum absolute atomic E-state index is 0.152. The molecule has 2 heterocycles. The zero-order valence-electron chi connectivity index (χ0n) is 14.4. The van der Waals surface area contributed by atoms with Gasteiger partial charge in [0.2, 0.25) is 0 Å². The predicted molar refractivity (Wildman–Crippen MR) is 92.4 cm³/mol. The number of hydrogen-bond acceptors (Lipinski definition) is 5. The predicted octanol–water partition coefficient (Wildman–Crippen LogP) is 2.87. The van der Waals surface area contributed by atoms with Crippen LogP contribution in [0.1, 0.15) is 45.2 Å². The van der Waals surface area contributed by atoms with Gasteiger partial charge in [0, 0.05) is 49.2 Å². The largest absolute Gasteiger partial charge is 0.346 e. The van der Waals surface area contributed by atoms with Crippen LogP contribution in [0.3, 0.4) is 0 Å². The van der Waals surface area contributed by atoms with Gasteiger partial charge in [-0.2, -0.15) is 0 Å². The first-order chi connectivity index (χ1) is 9.76. The fraction of sp³-hybridized carbons (Fsp3) is 0.812. The van der Waals surface area contributed by atoms with Crippen molar-refractivity contribution in [3.05, 3.63) is 10.6 Å². The van der Waals surface area contributed by atoms with E-state index in [0.717, 1.165) is 32.7 Å². The summed E-state index contributed by atoms with van der Waals surface area (Å²) in [5.74, 6) is 0. The minimum Gasteiger partial charge on any atom is -0.346 e. The molecule has 0 aliphatic carbocycles. The summed E-state index contributed by atoms with van der Waals surface area (Å²) in [6.45, 7) is 18.7. The van der Waals surface area contributed by atoms with Crippen molar-refractivity contribution < 1.29 is 0 Å². The molecule has 120 valence electrons. The van der Waals surface area contributed by atoms with Crippen LogP contribution in [-0.2, 0) is 6.54 Å². The molecule has 0 unspecified atom stereocenters. The van der Waals surface area contributed by atoms with Gasteiger partial charge in [-0.05, 0) is 41.5 Å². The van der Waals surface area contributed by atoms with Gasteiger partial charge in [-0.15, -0.1) is 11.3 Å². The Hall–Kier alpha value is -0.650. The lowest BCUT2D eigenvalue weighted by Crippen LogP contribution is -2.48. The van der Waals surface area contributed by atoms with E-state index >= 15 is 0 Å². The van der Waals surface area contributed by atoms with E-state index in [0.29, 0.717) is 6.04 Å². The second kappa shape index (κ2) is 6.63. The maximum Gasteiger partial charge on any atom is 0.185 e. The third-order valence-electron chi connectivity index (χ3n) is 3.98. The average Bonchev–Trinajstić information content (AvgIpc) is 2.77. The van der Waals surface area contributed by atoms with E-state index in [1.54, 1.807) is 0 Å². The van der Waals surface area contributed by atoms with Gasteiger partial charge in [-0.3, -0.25) is 4.90 Å². The summed E-state index contributed by atoms with van der Waals surface area (Å²) >= 11 is 1.85. The summed E-state index contributed by atoms with van der Waals surface area (Å²) in [5.41, 5.74) is 1.33. The van der Waals surface area contributed by atoms with Crippen molar-refractivity contribution in [2.45, 2.75) is 59.7 Å². The number of aromatic nitrogens is 1. The first kappa shape index (κ1) is 16.7. The fourth-order valence-electron chi connectivity index (χ4n) is 2.49. The average molecular weight is 311 g/mol. The topological polar surface area (TPSA) is 31.4 Å². The first-order valence-corrected chi connectivity index (χ1v) is 8.78. The molecular formula is C16H30N4S. The molecule has 5 heteroatoms. The number of aryl methyl sites for hydroxylation is 1. The second-order valence-corrected chi connectivity index (χ2v) is 8.29. The molecular weight excluding hydrogens is 280 g/mol. The highest BCUT2D eigenvalue weighted by atomic mass is 32.1. The van der Waals surface area contributed by atoms with Gasteiger partial charge < -0.3 is 10.2 Å². The molecule has 1 fully saturated rings. The highest BCUT2D eigenvalue weighted by Gasteiger charge is 2.22. The molecule has 1 saturated heterocycles. The number of anilines is 1. The minimum atomic E-state index is 0.152. The van der Waals surface area contributed by atoms with Crippen LogP contribution < -0.4 is 10.2 Å². The Morgan fingerprint density at radius 1 is 1.19 bits per heavy atom. The van der Waals surface area contributed by atoms with Crippen LogP contribution in [0.15, 0.2) is 0 Å². The van der Waals surface area contributed by atoms with Gasteiger partial charge in [-0.1, -0.05) is 0 Å². The second-order valence-electron chi connectivity index (χ2n) is 7.23. The molecule has 2 rings (SSSR count). The number of rotatable bonds is 4. The molecule has 1 aliphatic rings. The lowest BCUT2D eigenvalue weighted by Gasteiger charge is -2.36. The summed E-state index contributed by atoms with van der Waals surface area (Å²) in [6.07, 6.45) is 0. The summed E-state index contributed by atoms with van der Waals surface area (Å²) < 4.78 is 0. The highest BCUT2D eigenvalue weighted by molar-refractivity contribution is 7.15. The maximum atomic E-state index is 4.79.